The molecule has 5 nitrogen and oxygen atoms in total. The van der Waals surface area contributed by atoms with Crippen molar-refractivity contribution in [3.63, 3.8) is 0 Å². The summed E-state index contributed by atoms with van der Waals surface area (Å²) in [6.07, 6.45) is 7.22. The highest BCUT2D eigenvalue weighted by atomic mass is 16.5. The third kappa shape index (κ3) is 4.82. The zero-order chi connectivity index (χ0) is 19.3. The van der Waals surface area contributed by atoms with Crippen LogP contribution in [0.2, 0.25) is 0 Å². The van der Waals surface area contributed by atoms with Crippen molar-refractivity contribution in [1.29, 1.82) is 0 Å². The first-order chi connectivity index (χ1) is 13.0. The smallest absolute Gasteiger partial charge is 0.318 e. The first kappa shape index (κ1) is 19.7. The number of rotatable bonds is 5. The van der Waals surface area contributed by atoms with Gasteiger partial charge in [0.1, 0.15) is 0 Å². The van der Waals surface area contributed by atoms with Crippen LogP contribution in [0.4, 0.5) is 4.79 Å². The van der Waals surface area contributed by atoms with E-state index in [-0.39, 0.29) is 24.5 Å². The van der Waals surface area contributed by atoms with Crippen LogP contribution in [0.25, 0.3) is 0 Å². The van der Waals surface area contributed by atoms with Crippen LogP contribution >= 0.6 is 0 Å². The van der Waals surface area contributed by atoms with Gasteiger partial charge in [0.05, 0.1) is 24.6 Å². The van der Waals surface area contributed by atoms with Crippen molar-refractivity contribution in [3.05, 3.63) is 35.4 Å². The molecule has 1 aliphatic carbocycles. The standard InChI is InChI=1S/C22H32N2O3/c1-3-27-20(25)16-22(12-5-4-6-13-22)23-21(26)24-14-8-11-19(24)18-10-7-9-17(2)15-18/h7,9-10,15,19H,3-6,8,11-14,16H2,1-2H3,(H,23,26)/t19-/m0/s1. The minimum Gasteiger partial charge on any atom is -0.466 e. The number of esters is 1. The highest BCUT2D eigenvalue weighted by Gasteiger charge is 2.39. The molecule has 1 N–H and O–H groups in total. The van der Waals surface area contributed by atoms with Gasteiger partial charge in [-0.25, -0.2) is 4.79 Å². The number of benzene rings is 1. The molecular formula is C22H32N2O3. The van der Waals surface area contributed by atoms with Crippen molar-refractivity contribution in [3.8, 4) is 0 Å². The number of ether oxygens (including phenoxy) is 1. The average molecular weight is 373 g/mol. The maximum atomic E-state index is 13.2. The molecule has 3 rings (SSSR count). The summed E-state index contributed by atoms with van der Waals surface area (Å²) < 4.78 is 5.18. The third-order valence-corrected chi connectivity index (χ3v) is 5.91. The highest BCUT2D eigenvalue weighted by molar-refractivity contribution is 5.78. The fourth-order valence-corrected chi connectivity index (χ4v) is 4.60. The first-order valence-electron chi connectivity index (χ1n) is 10.3. The Morgan fingerprint density at radius 1 is 1.22 bits per heavy atom. The largest absolute Gasteiger partial charge is 0.466 e. The predicted octanol–water partition coefficient (Wildman–Crippen LogP) is 4.50. The van der Waals surface area contributed by atoms with E-state index in [1.165, 1.54) is 11.1 Å². The molecule has 148 valence electrons. The molecule has 1 aromatic carbocycles. The molecule has 27 heavy (non-hydrogen) atoms. The lowest BCUT2D eigenvalue weighted by Gasteiger charge is -2.39. The number of aryl methyl sites for hydroxylation is 1. The summed E-state index contributed by atoms with van der Waals surface area (Å²) in [5.41, 5.74) is 1.96. The Morgan fingerprint density at radius 3 is 2.70 bits per heavy atom. The molecule has 1 saturated heterocycles. The van der Waals surface area contributed by atoms with Crippen LogP contribution in [0.3, 0.4) is 0 Å². The quantitative estimate of drug-likeness (QED) is 0.774. The lowest BCUT2D eigenvalue weighted by Crippen LogP contribution is -2.55. The third-order valence-electron chi connectivity index (χ3n) is 5.91. The summed E-state index contributed by atoms with van der Waals surface area (Å²) in [4.78, 5) is 27.3. The molecule has 0 unspecified atom stereocenters. The molecule has 0 bridgehead atoms. The Morgan fingerprint density at radius 2 is 2.00 bits per heavy atom. The lowest BCUT2D eigenvalue weighted by molar-refractivity contribution is -0.145. The molecule has 1 heterocycles. The van der Waals surface area contributed by atoms with Crippen LogP contribution in [-0.2, 0) is 9.53 Å². The topological polar surface area (TPSA) is 58.6 Å². The molecule has 2 fully saturated rings. The Hall–Kier alpha value is -2.04. The van der Waals surface area contributed by atoms with Crippen LogP contribution in [0.5, 0.6) is 0 Å². The minimum atomic E-state index is -0.457. The van der Waals surface area contributed by atoms with Crippen molar-refractivity contribution in [2.75, 3.05) is 13.2 Å². The fraction of sp³-hybridized carbons (Fsp3) is 0.636. The van der Waals surface area contributed by atoms with Gasteiger partial charge in [0.25, 0.3) is 0 Å². The number of hydrogen-bond acceptors (Lipinski definition) is 3. The molecule has 0 radical (unpaired) electrons. The normalized spacial score (nSPS) is 21.7. The van der Waals surface area contributed by atoms with E-state index in [0.717, 1.165) is 51.5 Å². The molecule has 1 aliphatic heterocycles. The number of hydrogen-bond donors (Lipinski definition) is 1. The van der Waals surface area contributed by atoms with E-state index in [1.807, 2.05) is 11.8 Å². The maximum absolute atomic E-state index is 13.2. The number of nitrogens with zero attached hydrogens (tertiary/aromatic N) is 1. The zero-order valence-electron chi connectivity index (χ0n) is 16.6. The van der Waals surface area contributed by atoms with E-state index in [9.17, 15) is 9.59 Å². The van der Waals surface area contributed by atoms with Gasteiger partial charge in [-0.3, -0.25) is 4.79 Å². The molecule has 0 aromatic heterocycles. The summed E-state index contributed by atoms with van der Waals surface area (Å²) in [5, 5.41) is 3.26. The Bertz CT molecular complexity index is 667. The molecular weight excluding hydrogens is 340 g/mol. The number of carbonyl (C=O) groups is 2. The van der Waals surface area contributed by atoms with Crippen LogP contribution in [0, 0.1) is 6.92 Å². The van der Waals surface area contributed by atoms with Crippen LogP contribution < -0.4 is 5.32 Å². The number of likely N-dealkylation sites (tertiary alicyclic amines) is 1. The first-order valence-corrected chi connectivity index (χ1v) is 10.3. The van der Waals surface area contributed by atoms with Gasteiger partial charge in [-0.05, 0) is 45.1 Å². The number of carbonyl (C=O) groups excluding carboxylic acids is 2. The highest BCUT2D eigenvalue weighted by Crippen LogP contribution is 2.35. The van der Waals surface area contributed by atoms with Crippen molar-refractivity contribution in [2.45, 2.75) is 76.8 Å². The predicted molar refractivity (Wildman–Crippen MR) is 105 cm³/mol. The summed E-state index contributed by atoms with van der Waals surface area (Å²) in [6.45, 7) is 5.05. The van der Waals surface area contributed by atoms with Gasteiger partial charge in [-0.15, -0.1) is 0 Å². The molecule has 1 aromatic rings. The monoisotopic (exact) mass is 372 g/mol. The van der Waals surface area contributed by atoms with Crippen molar-refractivity contribution < 1.29 is 14.3 Å². The fourth-order valence-electron chi connectivity index (χ4n) is 4.60. The molecule has 0 spiro atoms. The lowest BCUT2D eigenvalue weighted by atomic mass is 9.79. The van der Waals surface area contributed by atoms with E-state index in [1.54, 1.807) is 0 Å². The maximum Gasteiger partial charge on any atom is 0.318 e. The zero-order valence-corrected chi connectivity index (χ0v) is 16.6. The molecule has 2 amide bonds. The molecule has 2 aliphatic rings. The van der Waals surface area contributed by atoms with Crippen LogP contribution in [-0.4, -0.2) is 35.6 Å². The van der Waals surface area contributed by atoms with E-state index in [2.05, 4.69) is 36.5 Å². The van der Waals surface area contributed by atoms with Gasteiger partial charge >= 0.3 is 12.0 Å². The number of amides is 2. The second kappa shape index (κ2) is 8.77. The Kier molecular flexibility index (Phi) is 6.40. The second-order valence-corrected chi connectivity index (χ2v) is 8.02. The van der Waals surface area contributed by atoms with Crippen molar-refractivity contribution >= 4 is 12.0 Å². The van der Waals surface area contributed by atoms with Gasteiger partial charge < -0.3 is 15.0 Å². The van der Waals surface area contributed by atoms with Gasteiger partial charge in [-0.1, -0.05) is 49.1 Å². The Labute approximate surface area is 162 Å². The van der Waals surface area contributed by atoms with E-state index < -0.39 is 5.54 Å². The average Bonchev–Trinajstić information content (AvgIpc) is 3.12. The summed E-state index contributed by atoms with van der Waals surface area (Å²) in [7, 11) is 0. The number of nitrogens with one attached hydrogen (secondary N) is 1. The second-order valence-electron chi connectivity index (χ2n) is 8.02. The van der Waals surface area contributed by atoms with Gasteiger partial charge in [0.2, 0.25) is 0 Å². The van der Waals surface area contributed by atoms with Crippen LogP contribution in [0.15, 0.2) is 24.3 Å². The van der Waals surface area contributed by atoms with Crippen LogP contribution in [0.1, 0.15) is 75.5 Å². The summed E-state index contributed by atoms with van der Waals surface area (Å²) in [6, 6.07) is 8.50. The van der Waals surface area contributed by atoms with Crippen molar-refractivity contribution in [1.82, 2.24) is 10.2 Å². The summed E-state index contributed by atoms with van der Waals surface area (Å²) in [5.74, 6) is -0.212. The summed E-state index contributed by atoms with van der Waals surface area (Å²) >= 11 is 0. The minimum absolute atomic E-state index is 0.0368. The SMILES string of the molecule is CCOC(=O)CC1(NC(=O)N2CCC[C@H]2c2cccc(C)c2)CCCCC1. The van der Waals surface area contributed by atoms with E-state index in [0.29, 0.717) is 6.61 Å². The number of urea groups is 1. The van der Waals surface area contributed by atoms with Gasteiger partial charge in [0.15, 0.2) is 0 Å². The van der Waals surface area contributed by atoms with Gasteiger partial charge in [-0.2, -0.15) is 0 Å². The van der Waals surface area contributed by atoms with Crippen molar-refractivity contribution in [2.24, 2.45) is 0 Å². The Balaban J connectivity index is 1.73. The van der Waals surface area contributed by atoms with Gasteiger partial charge in [0, 0.05) is 6.54 Å². The molecule has 1 atom stereocenters. The molecule has 1 saturated carbocycles. The molecule has 5 heteroatoms. The van der Waals surface area contributed by atoms with E-state index in [4.69, 9.17) is 4.74 Å². The van der Waals surface area contributed by atoms with E-state index >= 15 is 0 Å².